The summed E-state index contributed by atoms with van der Waals surface area (Å²) < 4.78 is 2.36. The number of aromatic amines is 1. The molecule has 2 aromatic heterocycles. The largest absolute Gasteiger partial charge is 0.340 e. The number of aromatic nitrogens is 4. The first-order valence-electron chi connectivity index (χ1n) is 11.3. The highest BCUT2D eigenvalue weighted by atomic mass is 16.2. The van der Waals surface area contributed by atoms with Gasteiger partial charge in [-0.25, -0.2) is 9.69 Å². The smallest absolute Gasteiger partial charge is 0.332 e. The van der Waals surface area contributed by atoms with Crippen molar-refractivity contribution in [2.45, 2.75) is 19.4 Å². The van der Waals surface area contributed by atoms with Gasteiger partial charge in [0.15, 0.2) is 16.9 Å². The maximum Gasteiger partial charge on any atom is 0.332 e. The van der Waals surface area contributed by atoms with Crippen molar-refractivity contribution < 1.29 is 14.4 Å². The van der Waals surface area contributed by atoms with E-state index in [0.717, 1.165) is 4.57 Å². The quantitative estimate of drug-likeness (QED) is 0.395. The lowest BCUT2D eigenvalue weighted by molar-refractivity contribution is -0.123. The summed E-state index contributed by atoms with van der Waals surface area (Å²) in [5.41, 5.74) is 0.639. The van der Waals surface area contributed by atoms with Gasteiger partial charge in [-0.15, -0.1) is 0 Å². The van der Waals surface area contributed by atoms with Crippen molar-refractivity contribution in [2.24, 2.45) is 14.1 Å². The van der Waals surface area contributed by atoms with E-state index in [9.17, 15) is 24.0 Å². The highest BCUT2D eigenvalue weighted by Crippen LogP contribution is 2.27. The van der Waals surface area contributed by atoms with Crippen molar-refractivity contribution in [3.8, 4) is 0 Å². The van der Waals surface area contributed by atoms with Gasteiger partial charge in [-0.05, 0) is 31.2 Å². The number of imide groups is 1. The van der Waals surface area contributed by atoms with Gasteiger partial charge < -0.3 is 9.88 Å². The molecule has 0 bridgehead atoms. The van der Waals surface area contributed by atoms with Gasteiger partial charge >= 0.3 is 5.69 Å². The van der Waals surface area contributed by atoms with Crippen LogP contribution in [0.2, 0.25) is 0 Å². The first-order valence-corrected chi connectivity index (χ1v) is 11.3. The lowest BCUT2D eigenvalue weighted by Gasteiger charge is -2.36. The van der Waals surface area contributed by atoms with Crippen LogP contribution < -0.4 is 21.0 Å². The van der Waals surface area contributed by atoms with Crippen LogP contribution in [0.1, 0.15) is 23.7 Å². The van der Waals surface area contributed by atoms with Crippen molar-refractivity contribution >= 4 is 40.4 Å². The van der Waals surface area contributed by atoms with Gasteiger partial charge in [0.2, 0.25) is 11.9 Å². The molecule has 1 atom stereocenters. The second kappa shape index (κ2) is 8.31. The van der Waals surface area contributed by atoms with Crippen molar-refractivity contribution in [2.75, 3.05) is 36.0 Å². The monoisotopic (exact) mass is 479 g/mol. The van der Waals surface area contributed by atoms with Crippen molar-refractivity contribution in [1.29, 1.82) is 0 Å². The van der Waals surface area contributed by atoms with E-state index in [2.05, 4.69) is 9.97 Å². The van der Waals surface area contributed by atoms with Gasteiger partial charge in [0.25, 0.3) is 11.5 Å². The number of amides is 2. The third kappa shape index (κ3) is 3.66. The molecule has 182 valence electrons. The topological polar surface area (TPSA) is 134 Å². The number of H-pyrrole nitrogens is 1. The molecule has 2 aliphatic heterocycles. The van der Waals surface area contributed by atoms with Crippen molar-refractivity contribution in [3.05, 3.63) is 50.7 Å². The molecule has 35 heavy (non-hydrogen) atoms. The average Bonchev–Trinajstić information content (AvgIpc) is 3.43. The molecule has 4 heterocycles. The molecule has 2 saturated heterocycles. The summed E-state index contributed by atoms with van der Waals surface area (Å²) in [6.45, 7) is 3.56. The third-order valence-corrected chi connectivity index (χ3v) is 6.79. The fraction of sp³-hybridized carbons (Fsp3) is 0.391. The summed E-state index contributed by atoms with van der Waals surface area (Å²) >= 11 is 0. The minimum atomic E-state index is -0.555. The number of nitrogens with zero attached hydrogens (tertiary/aromatic N) is 6. The van der Waals surface area contributed by atoms with Gasteiger partial charge in [-0.1, -0.05) is 0 Å². The predicted octanol–water partition coefficient (Wildman–Crippen LogP) is -0.383. The molecule has 1 aromatic carbocycles. The van der Waals surface area contributed by atoms with Crippen LogP contribution in [0, 0.1) is 0 Å². The lowest BCUT2D eigenvalue weighted by atomic mass is 10.1. The fourth-order valence-electron chi connectivity index (χ4n) is 4.73. The Labute approximate surface area is 199 Å². The third-order valence-electron chi connectivity index (χ3n) is 6.79. The number of ketones is 1. The number of piperazine rings is 1. The maximum atomic E-state index is 13.1. The minimum Gasteiger partial charge on any atom is -0.340 e. The van der Waals surface area contributed by atoms with Crippen molar-refractivity contribution in [1.82, 2.24) is 24.0 Å². The molecule has 1 unspecified atom stereocenters. The molecular weight excluding hydrogens is 454 g/mol. The molecule has 2 amide bonds. The van der Waals surface area contributed by atoms with Crippen LogP contribution in [-0.2, 0) is 23.7 Å². The zero-order valence-corrected chi connectivity index (χ0v) is 19.6. The molecule has 0 radical (unpaired) electrons. The number of benzene rings is 1. The number of fused-ring (bicyclic) bond motifs is 1. The second-order valence-corrected chi connectivity index (χ2v) is 8.88. The molecule has 0 saturated carbocycles. The Kier molecular flexibility index (Phi) is 5.39. The van der Waals surface area contributed by atoms with Gasteiger partial charge in [-0.3, -0.25) is 33.2 Å². The molecule has 3 aromatic rings. The number of rotatable bonds is 4. The van der Waals surface area contributed by atoms with Crippen LogP contribution in [0.15, 0.2) is 33.9 Å². The van der Waals surface area contributed by atoms with Gasteiger partial charge in [0.05, 0.1) is 18.2 Å². The molecule has 2 fully saturated rings. The summed E-state index contributed by atoms with van der Waals surface area (Å²) in [7, 11) is 2.99. The molecule has 5 rings (SSSR count). The van der Waals surface area contributed by atoms with Crippen LogP contribution >= 0.6 is 0 Å². The number of carbonyl (C=O) groups is 3. The van der Waals surface area contributed by atoms with Crippen LogP contribution in [0.5, 0.6) is 0 Å². The van der Waals surface area contributed by atoms with E-state index in [0.29, 0.717) is 49.0 Å². The minimum absolute atomic E-state index is 0.0848. The Morgan fingerprint density at radius 2 is 1.63 bits per heavy atom. The van der Waals surface area contributed by atoms with Gasteiger partial charge in [0.1, 0.15) is 0 Å². The number of hydrogen-bond acceptors (Lipinski definition) is 8. The van der Waals surface area contributed by atoms with E-state index >= 15 is 0 Å². The molecular formula is C23H25N7O5. The molecule has 2 aliphatic rings. The summed E-state index contributed by atoms with van der Waals surface area (Å²) in [6, 6.07) is 5.90. The Hall–Kier alpha value is -4.06. The SMILES string of the molecule is CC(=O)c1ccc(N2C(=O)CC(N3CCN(c4nc5c([nH]4)c(=O)n(C)c(=O)n5C)CC3)C2=O)cc1. The zero-order valence-electron chi connectivity index (χ0n) is 19.6. The van der Waals surface area contributed by atoms with Crippen LogP contribution in [0.25, 0.3) is 11.2 Å². The van der Waals surface area contributed by atoms with Gasteiger partial charge in [0, 0.05) is 45.8 Å². The van der Waals surface area contributed by atoms with Crippen molar-refractivity contribution in [3.63, 3.8) is 0 Å². The average molecular weight is 479 g/mol. The molecule has 0 aliphatic carbocycles. The van der Waals surface area contributed by atoms with E-state index in [1.807, 2.05) is 9.80 Å². The normalized spacial score (nSPS) is 19.2. The number of Topliss-reactive ketones (excluding diaryl/α,β-unsaturated/α-hetero) is 1. The van der Waals surface area contributed by atoms with E-state index in [1.54, 1.807) is 31.3 Å². The lowest BCUT2D eigenvalue weighted by Crippen LogP contribution is -2.52. The number of carbonyl (C=O) groups excluding carboxylic acids is 3. The van der Waals surface area contributed by atoms with E-state index in [1.165, 1.54) is 23.4 Å². The number of imidazole rings is 1. The standard InChI is InChI=1S/C23H25N7O5/c1-13(31)14-4-6-15(7-5-14)30-17(32)12-16(20(30)33)28-8-10-29(11-9-28)22-24-18-19(25-22)26(2)23(35)27(3)21(18)34/h4-7,16H,8-12H2,1-3H3,(H,24,25). The Balaban J connectivity index is 1.30. The Bertz CT molecular complexity index is 1470. The summed E-state index contributed by atoms with van der Waals surface area (Å²) in [5, 5.41) is 0. The Morgan fingerprint density at radius 3 is 2.26 bits per heavy atom. The Morgan fingerprint density at radius 1 is 0.971 bits per heavy atom. The summed E-state index contributed by atoms with van der Waals surface area (Å²) in [6.07, 6.45) is 0.0933. The maximum absolute atomic E-state index is 13.1. The summed E-state index contributed by atoms with van der Waals surface area (Å²) in [4.78, 5) is 74.6. The molecule has 1 N–H and O–H groups in total. The first-order chi connectivity index (χ1) is 16.7. The van der Waals surface area contributed by atoms with E-state index < -0.39 is 17.3 Å². The van der Waals surface area contributed by atoms with Crippen LogP contribution in [0.3, 0.4) is 0 Å². The number of aryl methyl sites for hydroxylation is 1. The number of anilines is 2. The second-order valence-electron chi connectivity index (χ2n) is 8.88. The predicted molar refractivity (Wildman–Crippen MR) is 128 cm³/mol. The molecule has 0 spiro atoms. The first kappa shape index (κ1) is 22.7. The van der Waals surface area contributed by atoms with Crippen LogP contribution in [-0.4, -0.2) is 73.8 Å². The summed E-state index contributed by atoms with van der Waals surface area (Å²) in [5.74, 6) is -0.148. The number of nitrogens with one attached hydrogen (secondary N) is 1. The molecule has 12 nitrogen and oxygen atoms in total. The highest BCUT2D eigenvalue weighted by molar-refractivity contribution is 6.22. The van der Waals surface area contributed by atoms with Crippen LogP contribution in [0.4, 0.5) is 11.6 Å². The highest BCUT2D eigenvalue weighted by Gasteiger charge is 2.43. The van der Waals surface area contributed by atoms with Gasteiger partial charge in [-0.2, -0.15) is 4.98 Å². The molecule has 12 heteroatoms. The fourth-order valence-corrected chi connectivity index (χ4v) is 4.73. The van der Waals surface area contributed by atoms with E-state index in [-0.39, 0.29) is 29.5 Å². The number of hydrogen-bond donors (Lipinski definition) is 1. The van der Waals surface area contributed by atoms with E-state index in [4.69, 9.17) is 0 Å². The zero-order chi connectivity index (χ0) is 25.0.